The van der Waals surface area contributed by atoms with Crippen LogP contribution in [0.25, 0.3) is 0 Å². The fraction of sp³-hybridized carbons (Fsp3) is 0.333. The van der Waals surface area contributed by atoms with Gasteiger partial charge >= 0.3 is 5.97 Å². The minimum atomic E-state index is -0.458. The normalized spacial score (nSPS) is 6.00. The Labute approximate surface area is 50.2 Å². The van der Waals surface area contributed by atoms with E-state index in [1.165, 1.54) is 0 Å². The first kappa shape index (κ1) is 15.7. The molecule has 0 aromatic heterocycles. The van der Waals surface area contributed by atoms with E-state index in [0.29, 0.717) is 5.57 Å². The average Bonchev–Trinajstić information content (AvgIpc) is 1.65. The number of carbonyl (C=O) groups excluding carboxylic acids is 1. The van der Waals surface area contributed by atoms with Gasteiger partial charge in [-0.3, -0.25) is 0 Å². The average molecular weight is 382 g/mol. The van der Waals surface area contributed by atoms with Gasteiger partial charge in [0.1, 0.15) is 0 Å². The third kappa shape index (κ3) is 6.21. The topological polar surface area (TPSA) is 26.3 Å². The Kier molecular flexibility index (Phi) is 10.8. The Morgan fingerprint density at radius 1 is 1.67 bits per heavy atom. The van der Waals surface area contributed by atoms with E-state index < -0.39 is 5.97 Å². The fourth-order valence-corrected chi connectivity index (χ4v) is 0.123. The molecular weight excluding hydrogens is 371 g/mol. The quantitative estimate of drug-likeness (QED) is 0.391. The van der Waals surface area contributed by atoms with E-state index in [-0.39, 0.29) is 7.43 Å². The van der Waals surface area contributed by atoms with Crippen molar-refractivity contribution in [2.75, 3.05) is 0 Å². The Balaban J connectivity index is -0.000000180. The van der Waals surface area contributed by atoms with Crippen molar-refractivity contribution in [2.24, 2.45) is 0 Å². The summed E-state index contributed by atoms with van der Waals surface area (Å²) in [7, 11) is 2.90. The molecule has 0 aromatic rings. The Morgan fingerprint density at radius 2 is 2.00 bits per heavy atom. The van der Waals surface area contributed by atoms with E-state index in [0.717, 1.165) is 0 Å². The number of hydrogen-bond donors (Lipinski definition) is 0. The third-order valence-corrected chi connectivity index (χ3v) is 0.480. The predicted molar refractivity (Wildman–Crippen MR) is 33.0 cm³/mol. The van der Waals surface area contributed by atoms with Gasteiger partial charge in [-0.15, -0.1) is 0 Å². The summed E-state index contributed by atoms with van der Waals surface area (Å²) in [5.74, 6) is -0.458. The summed E-state index contributed by atoms with van der Waals surface area (Å²) in [5, 5.41) is 0. The fourth-order valence-electron chi connectivity index (χ4n) is 0.123. The van der Waals surface area contributed by atoms with Gasteiger partial charge in [0.2, 0.25) is 0 Å². The molecule has 50 valence electrons. The second-order valence-electron chi connectivity index (χ2n) is 1.21. The van der Waals surface area contributed by atoms with Gasteiger partial charge in [0, 0.05) is 5.57 Å². The van der Waals surface area contributed by atoms with Crippen LogP contribution in [-0.4, -0.2) is 5.97 Å². The standard InChI is InChI=1S/C5H7O2.CH4.Rf/c1-4(2)5(6)7-3;;/h1,3H2,2H3;1H4;/q-1;;. The van der Waals surface area contributed by atoms with Gasteiger partial charge in [-0.25, -0.2) is 4.79 Å². The number of rotatable bonds is 1. The van der Waals surface area contributed by atoms with Gasteiger partial charge in [0.25, 0.3) is 0 Å². The van der Waals surface area contributed by atoms with Crippen molar-refractivity contribution in [1.82, 2.24) is 0 Å². The van der Waals surface area contributed by atoms with Gasteiger partial charge < -0.3 is 4.74 Å². The molecule has 0 saturated heterocycles. The molecular formula is C6H11O2Rf-. The Bertz CT molecular complexity index is 99.2. The maximum Gasteiger partial charge on any atom is 0.301 e. The van der Waals surface area contributed by atoms with Crippen LogP contribution in [0.3, 0.4) is 0 Å². The molecule has 0 aliphatic heterocycles. The summed E-state index contributed by atoms with van der Waals surface area (Å²) in [4.78, 5) is 10.1. The molecule has 0 radical (unpaired) electrons. The molecule has 3 heteroatoms. The first-order chi connectivity index (χ1) is 3.18. The van der Waals surface area contributed by atoms with Gasteiger partial charge in [0.05, 0.1) is 0 Å². The smallest absolute Gasteiger partial charge is 0.301 e. The van der Waals surface area contributed by atoms with Crippen molar-refractivity contribution in [3.63, 3.8) is 0 Å². The monoisotopic (exact) mass is 382 g/mol. The SMILES string of the molecule is C.C=C(C)C(=O)O[CH2-].[Rf]. The van der Waals surface area contributed by atoms with Crippen molar-refractivity contribution in [2.45, 2.75) is 14.4 Å². The summed E-state index contributed by atoms with van der Waals surface area (Å²) in [6.45, 7) is 4.87. The van der Waals surface area contributed by atoms with Crippen LogP contribution < -0.4 is 0 Å². The molecule has 0 heterocycles. The van der Waals surface area contributed by atoms with Gasteiger partial charge in [-0.2, -0.15) is 7.11 Å². The molecule has 0 N–H and O–H groups in total. The molecule has 0 aliphatic rings. The Morgan fingerprint density at radius 3 is 2.00 bits per heavy atom. The molecule has 0 unspecified atom stereocenters. The second-order valence-corrected chi connectivity index (χ2v) is 1.21. The summed E-state index contributed by atoms with van der Waals surface area (Å²) < 4.78 is 4.02. The molecule has 0 rings (SSSR count). The molecule has 0 aliphatic carbocycles. The van der Waals surface area contributed by atoms with E-state index >= 15 is 0 Å². The van der Waals surface area contributed by atoms with Gasteiger partial charge in [-0.1, -0.05) is 14.0 Å². The van der Waals surface area contributed by atoms with E-state index in [1.54, 1.807) is 6.92 Å². The van der Waals surface area contributed by atoms with Crippen molar-refractivity contribution in [1.29, 1.82) is 0 Å². The molecule has 0 saturated carbocycles. The summed E-state index contributed by atoms with van der Waals surface area (Å²) in [6, 6.07) is 0. The molecule has 0 amide bonds. The molecule has 2 nitrogen and oxygen atoms in total. The van der Waals surface area contributed by atoms with E-state index in [9.17, 15) is 4.79 Å². The van der Waals surface area contributed by atoms with Crippen LogP contribution in [0.15, 0.2) is 12.2 Å². The first-order valence-electron chi connectivity index (χ1n) is 1.80. The van der Waals surface area contributed by atoms with Crippen LogP contribution in [0.4, 0.5) is 0 Å². The number of hydrogen-bond acceptors (Lipinski definition) is 2. The zero-order chi connectivity index (χ0) is 5.86. The third-order valence-electron chi connectivity index (χ3n) is 0.480. The molecule has 0 atom stereocenters. The van der Waals surface area contributed by atoms with Crippen molar-refractivity contribution >= 4 is 5.97 Å². The van der Waals surface area contributed by atoms with Gasteiger partial charge in [-0.05, 0) is 6.92 Å². The van der Waals surface area contributed by atoms with Gasteiger partial charge in [0.15, 0.2) is 0 Å². The zero-order valence-corrected chi connectivity index (χ0v) is 11.3. The molecule has 9 heavy (non-hydrogen) atoms. The molecule has 0 aromatic carbocycles. The second kappa shape index (κ2) is 6.21. The van der Waals surface area contributed by atoms with E-state index in [1.807, 2.05) is 0 Å². The van der Waals surface area contributed by atoms with Crippen LogP contribution in [0.2, 0.25) is 0 Å². The van der Waals surface area contributed by atoms with Crippen LogP contribution in [0, 0.1) is 7.11 Å². The predicted octanol–water partition coefficient (Wildman–Crippen LogP) is 1.53. The summed E-state index contributed by atoms with van der Waals surface area (Å²) in [6.07, 6.45) is 0. The Hall–Kier alpha value is -1.79. The van der Waals surface area contributed by atoms with Crippen molar-refractivity contribution in [3.05, 3.63) is 19.3 Å². The van der Waals surface area contributed by atoms with Crippen LogP contribution in [0.1, 0.15) is 14.4 Å². The largest absolute Gasteiger partial charge is 0.637 e. The number of ether oxygens (including phenoxy) is 1. The van der Waals surface area contributed by atoms with E-state index in [4.69, 9.17) is 0 Å². The van der Waals surface area contributed by atoms with Crippen LogP contribution in [0.5, 0.6) is 0 Å². The number of esters is 1. The van der Waals surface area contributed by atoms with Crippen molar-refractivity contribution in [3.8, 4) is 0 Å². The minimum Gasteiger partial charge on any atom is -0.637 e. The maximum atomic E-state index is 10.1. The molecule has 0 bridgehead atoms. The summed E-state index contributed by atoms with van der Waals surface area (Å²) >= 11 is 0. The van der Waals surface area contributed by atoms with Crippen LogP contribution in [-0.2, 0) is 9.53 Å². The van der Waals surface area contributed by atoms with Crippen molar-refractivity contribution < 1.29 is 9.53 Å². The van der Waals surface area contributed by atoms with Crippen LogP contribution >= 0.6 is 0 Å². The van der Waals surface area contributed by atoms with E-state index in [2.05, 4.69) is 18.4 Å². The first-order valence-corrected chi connectivity index (χ1v) is 1.80. The molecule has 0 fully saturated rings. The minimum absolute atomic E-state index is 0. The summed E-state index contributed by atoms with van der Waals surface area (Å²) in [5.41, 5.74) is 0.370. The maximum absolute atomic E-state index is 10.1. The zero-order valence-electron chi connectivity index (χ0n) is 4.94. The molecule has 0 spiro atoms. The number of carbonyl (C=O) groups is 1.